The average molecular weight is 357 g/mol. The number of aromatic nitrogens is 1. The number of amides is 1. The van der Waals surface area contributed by atoms with Gasteiger partial charge in [0.05, 0.1) is 31.1 Å². The van der Waals surface area contributed by atoms with E-state index in [-0.39, 0.29) is 17.8 Å². The van der Waals surface area contributed by atoms with Crippen LogP contribution < -0.4 is 10.1 Å². The number of hydrogen-bond donors (Lipinski definition) is 1. The van der Waals surface area contributed by atoms with Crippen molar-refractivity contribution >= 4 is 5.91 Å². The number of benzene rings is 1. The molecular formula is C20H24FN3O2. The Kier molecular flexibility index (Phi) is 5.83. The fourth-order valence-corrected chi connectivity index (χ4v) is 3.35. The molecule has 1 saturated heterocycles. The maximum absolute atomic E-state index is 14.3. The van der Waals surface area contributed by atoms with Gasteiger partial charge in [-0.15, -0.1) is 0 Å². The zero-order chi connectivity index (χ0) is 18.5. The van der Waals surface area contributed by atoms with Gasteiger partial charge >= 0.3 is 0 Å². The Morgan fingerprint density at radius 3 is 2.96 bits per heavy atom. The predicted octanol–water partition coefficient (Wildman–Crippen LogP) is 3.20. The average Bonchev–Trinajstić information content (AvgIpc) is 3.10. The second-order valence-corrected chi connectivity index (χ2v) is 6.55. The van der Waals surface area contributed by atoms with Gasteiger partial charge in [0.1, 0.15) is 11.6 Å². The van der Waals surface area contributed by atoms with Crippen molar-refractivity contribution in [3.63, 3.8) is 0 Å². The number of pyridine rings is 1. The van der Waals surface area contributed by atoms with Crippen LogP contribution in [-0.4, -0.2) is 29.4 Å². The number of likely N-dealkylation sites (tertiary alicyclic amines) is 1. The molecule has 1 unspecified atom stereocenters. The van der Waals surface area contributed by atoms with Crippen LogP contribution in [0.3, 0.4) is 0 Å². The molecular weight excluding hydrogens is 333 g/mol. The summed E-state index contributed by atoms with van der Waals surface area (Å²) in [6.07, 6.45) is 2.05. The molecule has 1 aromatic carbocycles. The van der Waals surface area contributed by atoms with E-state index in [4.69, 9.17) is 9.72 Å². The Hall–Kier alpha value is -2.47. The van der Waals surface area contributed by atoms with Crippen molar-refractivity contribution in [2.45, 2.75) is 38.9 Å². The van der Waals surface area contributed by atoms with Crippen LogP contribution in [0.4, 0.5) is 4.39 Å². The summed E-state index contributed by atoms with van der Waals surface area (Å²) in [5.41, 5.74) is 2.46. The largest absolute Gasteiger partial charge is 0.497 e. The van der Waals surface area contributed by atoms with Crippen molar-refractivity contribution in [3.8, 4) is 5.75 Å². The summed E-state index contributed by atoms with van der Waals surface area (Å²) in [4.78, 5) is 18.1. The number of nitrogens with one attached hydrogen (secondary N) is 1. The lowest BCUT2D eigenvalue weighted by molar-refractivity contribution is -0.119. The fourth-order valence-electron chi connectivity index (χ4n) is 3.35. The molecule has 0 radical (unpaired) electrons. The van der Waals surface area contributed by atoms with Gasteiger partial charge in [0, 0.05) is 25.1 Å². The summed E-state index contributed by atoms with van der Waals surface area (Å²) >= 11 is 0. The molecule has 1 amide bonds. The van der Waals surface area contributed by atoms with Crippen LogP contribution in [0.2, 0.25) is 0 Å². The Bertz CT molecular complexity index is 781. The molecule has 5 nitrogen and oxygen atoms in total. The third-order valence-corrected chi connectivity index (χ3v) is 4.69. The monoisotopic (exact) mass is 357 g/mol. The highest BCUT2D eigenvalue weighted by atomic mass is 19.1. The van der Waals surface area contributed by atoms with Crippen molar-refractivity contribution < 1.29 is 13.9 Å². The van der Waals surface area contributed by atoms with E-state index in [9.17, 15) is 9.18 Å². The highest BCUT2D eigenvalue weighted by molar-refractivity contribution is 5.72. The van der Waals surface area contributed by atoms with Crippen LogP contribution in [0.25, 0.3) is 0 Å². The van der Waals surface area contributed by atoms with Crippen LogP contribution in [0, 0.1) is 5.82 Å². The van der Waals surface area contributed by atoms with E-state index in [1.807, 2.05) is 18.2 Å². The summed E-state index contributed by atoms with van der Waals surface area (Å²) in [6, 6.07) is 11.0. The quantitative estimate of drug-likeness (QED) is 0.863. The van der Waals surface area contributed by atoms with Gasteiger partial charge < -0.3 is 10.1 Å². The van der Waals surface area contributed by atoms with Gasteiger partial charge in [-0.3, -0.25) is 14.7 Å². The van der Waals surface area contributed by atoms with Gasteiger partial charge in [-0.2, -0.15) is 0 Å². The summed E-state index contributed by atoms with van der Waals surface area (Å²) < 4.78 is 19.4. The molecule has 0 saturated carbocycles. The summed E-state index contributed by atoms with van der Waals surface area (Å²) in [5.74, 6) is 0.202. The highest BCUT2D eigenvalue weighted by Gasteiger charge is 2.27. The summed E-state index contributed by atoms with van der Waals surface area (Å²) in [5, 5.41) is 2.77. The number of hydrogen-bond acceptors (Lipinski definition) is 4. The van der Waals surface area contributed by atoms with E-state index >= 15 is 0 Å². The van der Waals surface area contributed by atoms with Crippen molar-refractivity contribution in [2.24, 2.45) is 0 Å². The third-order valence-electron chi connectivity index (χ3n) is 4.69. The predicted molar refractivity (Wildman–Crippen MR) is 97.1 cm³/mol. The lowest BCUT2D eigenvalue weighted by Crippen LogP contribution is -2.25. The molecule has 1 N–H and O–H groups in total. The number of methoxy groups -OCH3 is 1. The standard InChI is InChI=1S/C20H24FN3O2/c1-14(25)22-12-16-5-3-6-19(23-16)20-7-4-10-24(20)13-15-8-9-17(26-2)11-18(15)21/h3,5-6,8-9,11,20H,4,7,10,12-13H2,1-2H3,(H,22,25). The Morgan fingerprint density at radius 1 is 1.38 bits per heavy atom. The highest BCUT2D eigenvalue weighted by Crippen LogP contribution is 2.33. The second-order valence-electron chi connectivity index (χ2n) is 6.55. The molecule has 2 heterocycles. The molecule has 1 fully saturated rings. The first-order valence-corrected chi connectivity index (χ1v) is 8.83. The smallest absolute Gasteiger partial charge is 0.217 e. The van der Waals surface area contributed by atoms with Crippen LogP contribution in [-0.2, 0) is 17.9 Å². The van der Waals surface area contributed by atoms with Crippen molar-refractivity contribution in [2.75, 3.05) is 13.7 Å². The molecule has 138 valence electrons. The summed E-state index contributed by atoms with van der Waals surface area (Å²) in [6.45, 7) is 3.36. The number of carbonyl (C=O) groups is 1. The van der Waals surface area contributed by atoms with E-state index in [0.29, 0.717) is 24.4 Å². The number of halogens is 1. The zero-order valence-corrected chi connectivity index (χ0v) is 15.2. The van der Waals surface area contributed by atoms with Gasteiger partial charge in [-0.1, -0.05) is 12.1 Å². The van der Waals surface area contributed by atoms with Gasteiger partial charge in [0.2, 0.25) is 5.91 Å². The SMILES string of the molecule is COc1ccc(CN2CCCC2c2cccc(CNC(C)=O)n2)c(F)c1. The normalized spacial score (nSPS) is 17.3. The first-order valence-electron chi connectivity index (χ1n) is 8.83. The van der Waals surface area contributed by atoms with E-state index < -0.39 is 0 Å². The minimum Gasteiger partial charge on any atom is -0.497 e. The van der Waals surface area contributed by atoms with E-state index in [2.05, 4.69) is 10.2 Å². The Balaban J connectivity index is 1.74. The maximum Gasteiger partial charge on any atom is 0.217 e. The molecule has 1 aromatic heterocycles. The van der Waals surface area contributed by atoms with Gasteiger partial charge in [0.15, 0.2) is 0 Å². The molecule has 2 aromatic rings. The van der Waals surface area contributed by atoms with Crippen LogP contribution >= 0.6 is 0 Å². The fraction of sp³-hybridized carbons (Fsp3) is 0.400. The number of carbonyl (C=O) groups excluding carboxylic acids is 1. The van der Waals surface area contributed by atoms with E-state index in [0.717, 1.165) is 30.8 Å². The van der Waals surface area contributed by atoms with Gasteiger partial charge in [-0.25, -0.2) is 4.39 Å². The lowest BCUT2D eigenvalue weighted by Gasteiger charge is -2.24. The maximum atomic E-state index is 14.3. The lowest BCUT2D eigenvalue weighted by atomic mass is 10.1. The van der Waals surface area contributed by atoms with E-state index in [1.165, 1.54) is 20.1 Å². The molecule has 3 rings (SSSR count). The van der Waals surface area contributed by atoms with Crippen LogP contribution in [0.5, 0.6) is 5.75 Å². The van der Waals surface area contributed by atoms with Crippen molar-refractivity contribution in [3.05, 3.63) is 59.2 Å². The minimum absolute atomic E-state index is 0.0744. The van der Waals surface area contributed by atoms with Gasteiger partial charge in [-0.05, 0) is 37.6 Å². The van der Waals surface area contributed by atoms with Crippen molar-refractivity contribution in [1.82, 2.24) is 15.2 Å². The third kappa shape index (κ3) is 4.38. The molecule has 0 spiro atoms. The second kappa shape index (κ2) is 8.27. The zero-order valence-electron chi connectivity index (χ0n) is 15.2. The first kappa shape index (κ1) is 18.3. The molecule has 6 heteroatoms. The number of nitrogens with zero attached hydrogens (tertiary/aromatic N) is 2. The number of rotatable bonds is 6. The Morgan fingerprint density at radius 2 is 2.23 bits per heavy atom. The topological polar surface area (TPSA) is 54.5 Å². The molecule has 26 heavy (non-hydrogen) atoms. The van der Waals surface area contributed by atoms with Crippen LogP contribution in [0.1, 0.15) is 42.8 Å². The molecule has 1 aliphatic rings. The van der Waals surface area contributed by atoms with Crippen molar-refractivity contribution in [1.29, 1.82) is 0 Å². The van der Waals surface area contributed by atoms with Crippen LogP contribution in [0.15, 0.2) is 36.4 Å². The minimum atomic E-state index is -0.248. The molecule has 1 atom stereocenters. The Labute approximate surface area is 153 Å². The molecule has 0 bridgehead atoms. The first-order chi connectivity index (χ1) is 12.6. The summed E-state index contributed by atoms with van der Waals surface area (Å²) in [7, 11) is 1.53. The van der Waals surface area contributed by atoms with E-state index in [1.54, 1.807) is 12.1 Å². The molecule has 1 aliphatic heterocycles. The van der Waals surface area contributed by atoms with Gasteiger partial charge in [0.25, 0.3) is 0 Å². The molecule has 0 aliphatic carbocycles. The number of ether oxygens (including phenoxy) is 1.